The highest BCUT2D eigenvalue weighted by Crippen LogP contribution is 2.24. The van der Waals surface area contributed by atoms with E-state index in [4.69, 9.17) is 0 Å². The molecule has 1 heterocycles. The molecule has 124 valence electrons. The number of benzene rings is 3. The van der Waals surface area contributed by atoms with E-state index < -0.39 is 10.0 Å². The minimum Gasteiger partial charge on any atom is -0.277 e. The fourth-order valence-electron chi connectivity index (χ4n) is 2.71. The van der Waals surface area contributed by atoms with E-state index in [1.54, 1.807) is 47.4 Å². The van der Waals surface area contributed by atoms with Crippen LogP contribution in [-0.4, -0.2) is 18.2 Å². The summed E-state index contributed by atoms with van der Waals surface area (Å²) < 4.78 is 29.9. The van der Waals surface area contributed by atoms with Crippen molar-refractivity contribution >= 4 is 26.5 Å². The van der Waals surface area contributed by atoms with Crippen LogP contribution in [0.4, 0.5) is 5.69 Å². The van der Waals surface area contributed by atoms with Crippen LogP contribution >= 0.6 is 0 Å². The number of aromatic nitrogens is 2. The smallest absolute Gasteiger partial charge is 0.261 e. The van der Waals surface area contributed by atoms with Gasteiger partial charge in [0, 0.05) is 12.4 Å². The molecule has 0 aliphatic heterocycles. The summed E-state index contributed by atoms with van der Waals surface area (Å²) in [4.78, 5) is 0.224. The average molecular weight is 349 g/mol. The zero-order valence-electron chi connectivity index (χ0n) is 13.2. The van der Waals surface area contributed by atoms with Crippen molar-refractivity contribution in [1.82, 2.24) is 9.78 Å². The molecule has 0 amide bonds. The highest BCUT2D eigenvalue weighted by Gasteiger charge is 2.17. The first-order valence-electron chi connectivity index (χ1n) is 7.74. The molecule has 25 heavy (non-hydrogen) atoms. The Kier molecular flexibility index (Phi) is 3.74. The predicted octanol–water partition coefficient (Wildman–Crippen LogP) is 3.83. The zero-order chi connectivity index (χ0) is 17.3. The summed E-state index contributed by atoms with van der Waals surface area (Å²) in [6.45, 7) is 0. The van der Waals surface area contributed by atoms with Crippen molar-refractivity contribution in [3.8, 4) is 5.69 Å². The summed E-state index contributed by atoms with van der Waals surface area (Å²) in [6.07, 6.45) is 3.41. The summed E-state index contributed by atoms with van der Waals surface area (Å²) in [6, 6.07) is 21.7. The predicted molar refractivity (Wildman–Crippen MR) is 98.3 cm³/mol. The topological polar surface area (TPSA) is 64.0 Å². The van der Waals surface area contributed by atoms with Gasteiger partial charge in [0.05, 0.1) is 16.3 Å². The molecule has 0 bridgehead atoms. The SMILES string of the molecule is O=S(=O)(Nc1ccccc1-n1cccn1)c1ccc2ccccc2c1. The minimum absolute atomic E-state index is 0.224. The van der Waals surface area contributed by atoms with Gasteiger partial charge in [-0.25, -0.2) is 13.1 Å². The lowest BCUT2D eigenvalue weighted by atomic mass is 10.1. The van der Waals surface area contributed by atoms with E-state index in [0.717, 1.165) is 10.8 Å². The largest absolute Gasteiger partial charge is 0.277 e. The lowest BCUT2D eigenvalue weighted by Gasteiger charge is -2.13. The van der Waals surface area contributed by atoms with E-state index in [9.17, 15) is 8.42 Å². The Morgan fingerprint density at radius 1 is 0.840 bits per heavy atom. The normalized spacial score (nSPS) is 11.5. The first kappa shape index (κ1) is 15.4. The van der Waals surface area contributed by atoms with Crippen molar-refractivity contribution in [1.29, 1.82) is 0 Å². The molecule has 0 aliphatic rings. The van der Waals surface area contributed by atoms with E-state index in [-0.39, 0.29) is 4.90 Å². The van der Waals surface area contributed by atoms with Crippen LogP contribution in [0.1, 0.15) is 0 Å². The number of para-hydroxylation sites is 2. The monoisotopic (exact) mass is 349 g/mol. The average Bonchev–Trinajstić information content (AvgIpc) is 3.16. The second-order valence-corrected chi connectivity index (χ2v) is 7.26. The molecule has 0 saturated heterocycles. The zero-order valence-corrected chi connectivity index (χ0v) is 14.0. The van der Waals surface area contributed by atoms with Crippen LogP contribution in [-0.2, 0) is 10.0 Å². The number of hydrogen-bond acceptors (Lipinski definition) is 3. The van der Waals surface area contributed by atoms with Gasteiger partial charge in [-0.3, -0.25) is 4.72 Å². The summed E-state index contributed by atoms with van der Waals surface area (Å²) in [5.41, 5.74) is 1.14. The van der Waals surface area contributed by atoms with E-state index >= 15 is 0 Å². The Labute approximate surface area is 145 Å². The maximum Gasteiger partial charge on any atom is 0.261 e. The van der Waals surface area contributed by atoms with Crippen molar-refractivity contribution in [3.63, 3.8) is 0 Å². The second kappa shape index (κ2) is 6.07. The first-order chi connectivity index (χ1) is 12.1. The molecule has 0 radical (unpaired) electrons. The summed E-state index contributed by atoms with van der Waals surface area (Å²) >= 11 is 0. The van der Waals surface area contributed by atoms with Gasteiger partial charge in [0.15, 0.2) is 0 Å². The van der Waals surface area contributed by atoms with Crippen LogP contribution < -0.4 is 4.72 Å². The number of hydrogen-bond donors (Lipinski definition) is 1. The summed E-state index contributed by atoms with van der Waals surface area (Å²) in [7, 11) is -3.71. The lowest BCUT2D eigenvalue weighted by molar-refractivity contribution is 0.601. The molecule has 1 aromatic heterocycles. The number of fused-ring (bicyclic) bond motifs is 1. The molecule has 3 aromatic carbocycles. The van der Waals surface area contributed by atoms with E-state index in [1.807, 2.05) is 42.5 Å². The number of sulfonamides is 1. The Hall–Kier alpha value is -3.12. The highest BCUT2D eigenvalue weighted by atomic mass is 32.2. The highest BCUT2D eigenvalue weighted by molar-refractivity contribution is 7.92. The van der Waals surface area contributed by atoms with Crippen molar-refractivity contribution in [2.24, 2.45) is 0 Å². The summed E-state index contributed by atoms with van der Waals surface area (Å²) in [5, 5.41) is 6.05. The van der Waals surface area contributed by atoms with Gasteiger partial charge < -0.3 is 0 Å². The molecule has 4 aromatic rings. The van der Waals surface area contributed by atoms with Gasteiger partial charge in [0.25, 0.3) is 10.0 Å². The van der Waals surface area contributed by atoms with Gasteiger partial charge in [0.2, 0.25) is 0 Å². The molecular formula is C19H15N3O2S. The van der Waals surface area contributed by atoms with E-state index in [0.29, 0.717) is 11.4 Å². The van der Waals surface area contributed by atoms with Gasteiger partial charge in [0.1, 0.15) is 0 Å². The molecule has 0 spiro atoms. The third-order valence-electron chi connectivity index (χ3n) is 3.93. The molecule has 6 heteroatoms. The number of rotatable bonds is 4. The Morgan fingerprint density at radius 2 is 1.60 bits per heavy atom. The lowest BCUT2D eigenvalue weighted by Crippen LogP contribution is -2.14. The number of nitrogens with zero attached hydrogens (tertiary/aromatic N) is 2. The van der Waals surface area contributed by atoms with Crippen LogP contribution in [0.5, 0.6) is 0 Å². The fraction of sp³-hybridized carbons (Fsp3) is 0. The number of nitrogens with one attached hydrogen (secondary N) is 1. The van der Waals surface area contributed by atoms with Crippen molar-refractivity contribution in [2.45, 2.75) is 4.90 Å². The van der Waals surface area contributed by atoms with Gasteiger partial charge >= 0.3 is 0 Å². The molecule has 0 saturated carbocycles. The molecule has 4 rings (SSSR count). The molecule has 1 N–H and O–H groups in total. The van der Waals surface area contributed by atoms with Crippen LogP contribution in [0.2, 0.25) is 0 Å². The maximum absolute atomic E-state index is 12.8. The third-order valence-corrected chi connectivity index (χ3v) is 5.29. The van der Waals surface area contributed by atoms with Crippen LogP contribution in [0, 0.1) is 0 Å². The second-order valence-electron chi connectivity index (χ2n) is 5.58. The summed E-state index contributed by atoms with van der Waals surface area (Å²) in [5.74, 6) is 0. The molecule has 5 nitrogen and oxygen atoms in total. The van der Waals surface area contributed by atoms with Gasteiger partial charge in [-0.2, -0.15) is 5.10 Å². The van der Waals surface area contributed by atoms with Gasteiger partial charge in [-0.15, -0.1) is 0 Å². The van der Waals surface area contributed by atoms with Crippen LogP contribution in [0.25, 0.3) is 16.5 Å². The quantitative estimate of drug-likeness (QED) is 0.609. The molecule has 0 aliphatic carbocycles. The Morgan fingerprint density at radius 3 is 2.40 bits per heavy atom. The van der Waals surface area contributed by atoms with E-state index in [1.165, 1.54) is 0 Å². The Bertz CT molecular complexity index is 1140. The van der Waals surface area contributed by atoms with Crippen LogP contribution in [0.15, 0.2) is 90.1 Å². The molecule has 0 unspecified atom stereocenters. The van der Waals surface area contributed by atoms with Crippen molar-refractivity contribution in [3.05, 3.63) is 85.2 Å². The van der Waals surface area contributed by atoms with Crippen molar-refractivity contribution < 1.29 is 8.42 Å². The first-order valence-corrected chi connectivity index (χ1v) is 9.22. The standard InChI is InChI=1S/C19H15N3O2S/c23-25(24,17-11-10-15-6-1-2-7-16(15)14-17)21-18-8-3-4-9-19(18)22-13-5-12-20-22/h1-14,21H. The van der Waals surface area contributed by atoms with Gasteiger partial charge in [-0.1, -0.05) is 42.5 Å². The maximum atomic E-state index is 12.8. The van der Waals surface area contributed by atoms with Gasteiger partial charge in [-0.05, 0) is 41.1 Å². The molecule has 0 atom stereocenters. The fourth-order valence-corrected chi connectivity index (χ4v) is 3.82. The molecular weight excluding hydrogens is 334 g/mol. The van der Waals surface area contributed by atoms with Crippen molar-refractivity contribution in [2.75, 3.05) is 4.72 Å². The molecule has 0 fully saturated rings. The number of anilines is 1. The Balaban J connectivity index is 1.74. The van der Waals surface area contributed by atoms with Crippen LogP contribution in [0.3, 0.4) is 0 Å². The third kappa shape index (κ3) is 2.99. The minimum atomic E-state index is -3.71. The van der Waals surface area contributed by atoms with E-state index in [2.05, 4.69) is 9.82 Å².